The van der Waals surface area contributed by atoms with Gasteiger partial charge in [0.1, 0.15) is 0 Å². The second kappa shape index (κ2) is 10.5. The van der Waals surface area contributed by atoms with E-state index < -0.39 is 0 Å². The summed E-state index contributed by atoms with van der Waals surface area (Å²) in [6.45, 7) is 9.48. The molecule has 1 atom stereocenters. The minimum Gasteiger partial charge on any atom is -0.420 e. The number of piperidine rings is 1. The van der Waals surface area contributed by atoms with Crippen LogP contribution in [0.4, 0.5) is 17.6 Å². The molecule has 0 spiro atoms. The van der Waals surface area contributed by atoms with Crippen LogP contribution >= 0.6 is 11.6 Å². The van der Waals surface area contributed by atoms with Gasteiger partial charge in [-0.05, 0) is 32.4 Å². The van der Waals surface area contributed by atoms with Crippen molar-refractivity contribution in [2.45, 2.75) is 51.7 Å². The van der Waals surface area contributed by atoms with Crippen LogP contribution in [0.1, 0.15) is 37.6 Å². The molecule has 0 amide bonds. The van der Waals surface area contributed by atoms with Crippen molar-refractivity contribution in [1.29, 1.82) is 0 Å². The number of aryl methyl sites for hydroxylation is 1. The Morgan fingerprint density at radius 1 is 1.06 bits per heavy atom. The second-order valence-corrected chi connectivity index (χ2v) is 9.76. The molecule has 192 valence electrons. The van der Waals surface area contributed by atoms with Gasteiger partial charge in [0.2, 0.25) is 11.8 Å². The van der Waals surface area contributed by atoms with Gasteiger partial charge in [0.05, 0.1) is 0 Å². The Balaban J connectivity index is 1.21. The summed E-state index contributed by atoms with van der Waals surface area (Å²) in [6, 6.07) is 0.962. The summed E-state index contributed by atoms with van der Waals surface area (Å²) in [4.78, 5) is 24.6. The number of anilines is 3. The van der Waals surface area contributed by atoms with Crippen LogP contribution in [0.5, 0.6) is 0 Å². The standard InChI is InChI=1S/C23H32ClN11O/c1-3-16-13-34(21-19(24)29-18(20(25)30-21)22-32-31-14(2)36-22)8-9-35(16)17-4-6-33(7-5-17)12-15-10-27-23(26)28-11-15/h10-11,16-17H,3-9,12-13H2,1-2H3,(H2,25,30)(H2,26,27,28). The topological polar surface area (TPSA) is 152 Å². The Kier molecular flexibility index (Phi) is 7.17. The van der Waals surface area contributed by atoms with Crippen molar-refractivity contribution in [3.05, 3.63) is 29.0 Å². The first kappa shape index (κ1) is 24.6. The van der Waals surface area contributed by atoms with Crippen LogP contribution in [-0.2, 0) is 6.54 Å². The first-order valence-electron chi connectivity index (χ1n) is 12.3. The Morgan fingerprint density at radius 2 is 1.81 bits per heavy atom. The van der Waals surface area contributed by atoms with Gasteiger partial charge in [-0.2, -0.15) is 0 Å². The van der Waals surface area contributed by atoms with E-state index in [-0.39, 0.29) is 11.7 Å². The molecule has 3 aromatic heterocycles. The summed E-state index contributed by atoms with van der Waals surface area (Å²) in [5.74, 6) is 1.80. The number of nitrogens with two attached hydrogens (primary N) is 2. The molecule has 0 aliphatic carbocycles. The van der Waals surface area contributed by atoms with E-state index in [1.165, 1.54) is 0 Å². The maximum atomic E-state index is 6.56. The maximum absolute atomic E-state index is 6.56. The fourth-order valence-electron chi connectivity index (χ4n) is 5.19. The van der Waals surface area contributed by atoms with Crippen LogP contribution in [0, 0.1) is 6.92 Å². The first-order chi connectivity index (χ1) is 17.4. The number of aromatic nitrogens is 6. The molecule has 3 aromatic rings. The lowest BCUT2D eigenvalue weighted by Gasteiger charge is -2.47. The average Bonchev–Trinajstić information content (AvgIpc) is 3.32. The summed E-state index contributed by atoms with van der Waals surface area (Å²) in [6.07, 6.45) is 6.95. The Bertz CT molecular complexity index is 1180. The van der Waals surface area contributed by atoms with Crippen molar-refractivity contribution in [3.8, 4) is 11.6 Å². The predicted octanol–water partition coefficient (Wildman–Crippen LogP) is 2.01. The Morgan fingerprint density at radius 3 is 2.47 bits per heavy atom. The number of piperazine rings is 1. The number of nitrogen functional groups attached to an aromatic ring is 2. The van der Waals surface area contributed by atoms with Crippen molar-refractivity contribution in [2.24, 2.45) is 0 Å². The van der Waals surface area contributed by atoms with Gasteiger partial charge in [0.25, 0.3) is 5.89 Å². The van der Waals surface area contributed by atoms with E-state index in [4.69, 9.17) is 27.5 Å². The van der Waals surface area contributed by atoms with Gasteiger partial charge in [-0.15, -0.1) is 10.2 Å². The van der Waals surface area contributed by atoms with E-state index in [1.807, 2.05) is 12.4 Å². The lowest BCUT2D eigenvalue weighted by Crippen LogP contribution is -2.58. The number of likely N-dealkylation sites (tertiary alicyclic amines) is 1. The zero-order valence-electron chi connectivity index (χ0n) is 20.6. The third-order valence-electron chi connectivity index (χ3n) is 7.05. The third kappa shape index (κ3) is 5.20. The minimum atomic E-state index is 0.220. The minimum absolute atomic E-state index is 0.220. The molecule has 0 radical (unpaired) electrons. The highest BCUT2D eigenvalue weighted by molar-refractivity contribution is 6.32. The Hall–Kier alpha value is -3.09. The van der Waals surface area contributed by atoms with Gasteiger partial charge in [0, 0.05) is 63.1 Å². The van der Waals surface area contributed by atoms with E-state index in [0.717, 1.165) is 64.1 Å². The largest absolute Gasteiger partial charge is 0.420 e. The Labute approximate surface area is 215 Å². The molecule has 2 fully saturated rings. The zero-order chi connectivity index (χ0) is 25.2. The lowest BCUT2D eigenvalue weighted by atomic mass is 9.98. The van der Waals surface area contributed by atoms with Crippen LogP contribution in [0.15, 0.2) is 16.8 Å². The zero-order valence-corrected chi connectivity index (χ0v) is 21.4. The van der Waals surface area contributed by atoms with Crippen LogP contribution in [-0.4, -0.2) is 84.7 Å². The molecule has 0 bridgehead atoms. The van der Waals surface area contributed by atoms with E-state index in [1.54, 1.807) is 6.92 Å². The van der Waals surface area contributed by atoms with Gasteiger partial charge >= 0.3 is 0 Å². The molecule has 2 aliphatic rings. The maximum Gasteiger partial charge on any atom is 0.270 e. The van der Waals surface area contributed by atoms with E-state index in [9.17, 15) is 0 Å². The number of hydrogen-bond acceptors (Lipinski definition) is 12. The molecular weight excluding hydrogens is 482 g/mol. The van der Waals surface area contributed by atoms with Crippen LogP contribution in [0.25, 0.3) is 11.6 Å². The van der Waals surface area contributed by atoms with Gasteiger partial charge in [-0.3, -0.25) is 9.80 Å². The molecule has 5 rings (SSSR count). The summed E-state index contributed by atoms with van der Waals surface area (Å²) < 4.78 is 5.45. The molecule has 5 heterocycles. The number of halogens is 1. The number of rotatable bonds is 6. The van der Waals surface area contributed by atoms with Gasteiger partial charge in [-0.25, -0.2) is 19.9 Å². The predicted molar refractivity (Wildman–Crippen MR) is 137 cm³/mol. The van der Waals surface area contributed by atoms with Gasteiger partial charge in [-0.1, -0.05) is 18.5 Å². The van der Waals surface area contributed by atoms with Crippen LogP contribution < -0.4 is 16.4 Å². The van der Waals surface area contributed by atoms with E-state index >= 15 is 0 Å². The first-order valence-corrected chi connectivity index (χ1v) is 12.7. The van der Waals surface area contributed by atoms with Gasteiger partial charge < -0.3 is 20.8 Å². The second-order valence-electron chi connectivity index (χ2n) is 9.40. The fourth-order valence-corrected chi connectivity index (χ4v) is 5.44. The van der Waals surface area contributed by atoms with Crippen molar-refractivity contribution >= 4 is 29.2 Å². The fraction of sp³-hybridized carbons (Fsp3) is 0.565. The number of nitrogens with zero attached hydrogens (tertiary/aromatic N) is 9. The average molecular weight is 514 g/mol. The summed E-state index contributed by atoms with van der Waals surface area (Å²) in [7, 11) is 0. The van der Waals surface area contributed by atoms with Crippen molar-refractivity contribution < 1.29 is 4.42 Å². The smallest absolute Gasteiger partial charge is 0.270 e. The molecule has 4 N–H and O–H groups in total. The molecular formula is C23H32ClN11O. The molecule has 2 aliphatic heterocycles. The third-order valence-corrected chi connectivity index (χ3v) is 7.30. The molecule has 12 nitrogen and oxygen atoms in total. The molecule has 36 heavy (non-hydrogen) atoms. The SMILES string of the molecule is CCC1CN(c2nc(N)c(-c3nnc(C)o3)nc2Cl)CCN1C1CCN(Cc2cnc(N)nc2)CC1. The van der Waals surface area contributed by atoms with Crippen LogP contribution in [0.2, 0.25) is 5.15 Å². The molecule has 0 aromatic carbocycles. The summed E-state index contributed by atoms with van der Waals surface area (Å²) in [5.41, 5.74) is 13.2. The molecule has 1 unspecified atom stereocenters. The monoisotopic (exact) mass is 513 g/mol. The number of hydrogen-bond donors (Lipinski definition) is 2. The molecule has 2 saturated heterocycles. The highest BCUT2D eigenvalue weighted by atomic mass is 35.5. The highest BCUT2D eigenvalue weighted by Gasteiger charge is 2.34. The quantitative estimate of drug-likeness (QED) is 0.495. The highest BCUT2D eigenvalue weighted by Crippen LogP contribution is 2.32. The summed E-state index contributed by atoms with van der Waals surface area (Å²) in [5, 5.41) is 8.11. The van der Waals surface area contributed by atoms with Crippen molar-refractivity contribution in [3.63, 3.8) is 0 Å². The molecule has 0 saturated carbocycles. The molecule has 13 heteroatoms. The lowest BCUT2D eigenvalue weighted by molar-refractivity contribution is 0.0610. The van der Waals surface area contributed by atoms with Crippen molar-refractivity contribution in [2.75, 3.05) is 49.1 Å². The normalized spacial score (nSPS) is 20.2. The van der Waals surface area contributed by atoms with Gasteiger partial charge in [0.15, 0.2) is 22.5 Å². The summed E-state index contributed by atoms with van der Waals surface area (Å²) >= 11 is 6.56. The van der Waals surface area contributed by atoms with E-state index in [0.29, 0.717) is 40.6 Å². The van der Waals surface area contributed by atoms with Crippen LogP contribution in [0.3, 0.4) is 0 Å². The van der Waals surface area contributed by atoms with E-state index in [2.05, 4.69) is 51.8 Å². The van der Waals surface area contributed by atoms with Crippen molar-refractivity contribution in [1.82, 2.24) is 39.9 Å².